The van der Waals surface area contributed by atoms with Gasteiger partial charge >= 0.3 is 0 Å². The second-order valence-corrected chi connectivity index (χ2v) is 18.2. The van der Waals surface area contributed by atoms with Gasteiger partial charge in [-0.2, -0.15) is 0 Å². The molecule has 255 valence electrons. The fraction of sp³-hybridized carbons (Fsp3) is 0.326. The van der Waals surface area contributed by atoms with Crippen molar-refractivity contribution in [2.24, 2.45) is 11.8 Å². The van der Waals surface area contributed by atoms with Crippen LogP contribution in [0.3, 0.4) is 0 Å². The van der Waals surface area contributed by atoms with Gasteiger partial charge in [-0.1, -0.05) is 93.3 Å². The maximum Gasteiger partial charge on any atom is 0.162 e. The van der Waals surface area contributed by atoms with Crippen LogP contribution in [0.4, 0.5) is 0 Å². The Bertz CT molecular complexity index is 2230. The maximum absolute atomic E-state index is 11.7. The number of hydrogen-bond donors (Lipinski definition) is 1. The van der Waals surface area contributed by atoms with E-state index in [1.807, 2.05) is 33.9 Å². The van der Waals surface area contributed by atoms with E-state index in [1.165, 1.54) is 59.7 Å². The third-order valence-electron chi connectivity index (χ3n) is 10.6. The van der Waals surface area contributed by atoms with Gasteiger partial charge in [-0.15, -0.1) is 28.8 Å². The van der Waals surface area contributed by atoms with Crippen molar-refractivity contribution in [3.05, 3.63) is 96.1 Å². The van der Waals surface area contributed by atoms with E-state index >= 15 is 0 Å². The molecule has 0 atom stereocenters. The van der Waals surface area contributed by atoms with E-state index in [4.69, 9.17) is 9.97 Å². The third kappa shape index (κ3) is 6.51. The van der Waals surface area contributed by atoms with Crippen LogP contribution >= 0.6 is 0 Å². The Morgan fingerprint density at radius 2 is 1.47 bits per heavy atom. The first-order valence-corrected chi connectivity index (χ1v) is 20.6. The average molecular weight is 844 g/mol. The van der Waals surface area contributed by atoms with Crippen LogP contribution in [0.2, 0.25) is 13.1 Å². The number of pyridine rings is 2. The molecule has 0 fully saturated rings. The smallest absolute Gasteiger partial charge is 0.162 e. The van der Waals surface area contributed by atoms with Crippen molar-refractivity contribution >= 4 is 67.3 Å². The number of aryl methyl sites for hydroxylation is 2. The molecule has 0 saturated heterocycles. The first-order valence-electron chi connectivity index (χ1n) is 17.6. The summed E-state index contributed by atoms with van der Waals surface area (Å²) < 4.78 is 0. The minimum atomic E-state index is -2.00. The summed E-state index contributed by atoms with van der Waals surface area (Å²) in [6, 6.07) is 26.2. The van der Waals surface area contributed by atoms with Gasteiger partial charge in [-0.05, 0) is 78.6 Å². The predicted molar refractivity (Wildman–Crippen MR) is 206 cm³/mol. The number of aliphatic hydroxyl groups is 1. The molecule has 4 nitrogen and oxygen atoms in total. The van der Waals surface area contributed by atoms with Crippen molar-refractivity contribution < 1.29 is 30.0 Å². The molecule has 0 amide bonds. The van der Waals surface area contributed by atoms with E-state index < -0.39 is 8.07 Å². The van der Waals surface area contributed by atoms with E-state index in [2.05, 4.69) is 93.7 Å². The van der Waals surface area contributed by atoms with Gasteiger partial charge in [0.15, 0.2) is 5.78 Å². The zero-order valence-electron chi connectivity index (χ0n) is 30.0. The van der Waals surface area contributed by atoms with E-state index in [0.717, 1.165) is 48.2 Å². The summed E-state index contributed by atoms with van der Waals surface area (Å²) in [6.07, 6.45) is 6.88. The van der Waals surface area contributed by atoms with E-state index in [9.17, 15) is 9.90 Å². The molecule has 1 aliphatic rings. The number of aliphatic hydroxyl groups excluding tert-OH is 1. The minimum Gasteiger partial charge on any atom is -0.512 e. The minimum absolute atomic E-state index is 0. The number of nitrogens with zero attached hydrogens (tertiary/aromatic N) is 2. The molecule has 7 rings (SSSR count). The molecular formula is C43H47IrN2O2Si-. The summed E-state index contributed by atoms with van der Waals surface area (Å²) in [4.78, 5) is 21.4. The van der Waals surface area contributed by atoms with Crippen LogP contribution in [0.25, 0.3) is 54.3 Å². The Kier molecular flexibility index (Phi) is 10.9. The molecule has 4 aromatic carbocycles. The van der Waals surface area contributed by atoms with Crippen LogP contribution < -0.4 is 10.4 Å². The van der Waals surface area contributed by atoms with Crippen molar-refractivity contribution in [1.29, 1.82) is 0 Å². The van der Waals surface area contributed by atoms with Crippen molar-refractivity contribution in [3.8, 4) is 11.3 Å². The zero-order valence-corrected chi connectivity index (χ0v) is 33.4. The van der Waals surface area contributed by atoms with Crippen LogP contribution in [-0.4, -0.2) is 28.9 Å². The van der Waals surface area contributed by atoms with Crippen LogP contribution in [0.1, 0.15) is 64.8 Å². The Hall–Kier alpha value is -3.70. The summed E-state index contributed by atoms with van der Waals surface area (Å²) in [7, 11) is -2.00. The van der Waals surface area contributed by atoms with E-state index in [1.54, 1.807) is 0 Å². The van der Waals surface area contributed by atoms with Gasteiger partial charge in [0.25, 0.3) is 0 Å². The molecule has 0 spiro atoms. The van der Waals surface area contributed by atoms with E-state index in [0.29, 0.717) is 0 Å². The van der Waals surface area contributed by atoms with Crippen LogP contribution in [0.15, 0.2) is 78.7 Å². The quantitative estimate of drug-likeness (QED) is 0.0572. The number of hydrogen-bond acceptors (Lipinski definition) is 4. The molecule has 6 aromatic rings. The molecule has 0 bridgehead atoms. The van der Waals surface area contributed by atoms with Gasteiger partial charge in [0.1, 0.15) is 0 Å². The Balaban J connectivity index is 0.000000252. The van der Waals surface area contributed by atoms with Gasteiger partial charge in [0, 0.05) is 66.7 Å². The normalized spacial score (nSPS) is 13.5. The van der Waals surface area contributed by atoms with Crippen LogP contribution in [-0.2, 0) is 24.9 Å². The van der Waals surface area contributed by atoms with Crippen LogP contribution in [0, 0.1) is 31.7 Å². The number of ketones is 1. The number of fused-ring (bicyclic) bond motifs is 7. The Morgan fingerprint density at radius 3 is 2.16 bits per heavy atom. The fourth-order valence-electron chi connectivity index (χ4n) is 7.69. The second-order valence-electron chi connectivity index (χ2n) is 13.9. The van der Waals surface area contributed by atoms with Crippen molar-refractivity contribution in [1.82, 2.24) is 9.97 Å². The number of aromatic nitrogens is 2. The predicted octanol–water partition coefficient (Wildman–Crippen LogP) is 10.2. The van der Waals surface area contributed by atoms with E-state index in [-0.39, 0.29) is 43.5 Å². The molecule has 1 radical (unpaired) electrons. The standard InChI is InChI=1S/C30H23N2Si.C13H24O2.Ir/c1-17-13-24-21(18(2)32-17)9-10-22-23-11-12-31-30-26-14-19-7-5-6-8-20(19)15-27(26)33(3,4)28(29(23)30)16-25(22)24;1-5-10(6-2)12(14)9-13(15)11(7-3)8-4;/h5-13,15-16H,1-4H3;9-11,14H,5-8H2,1-4H3;/q-1;;/b;12-9-;. The molecule has 6 heteroatoms. The van der Waals surface area contributed by atoms with Gasteiger partial charge in [0.05, 0.1) is 13.8 Å². The number of rotatable bonds is 7. The van der Waals surface area contributed by atoms with Crippen molar-refractivity contribution in [3.63, 3.8) is 0 Å². The zero-order chi connectivity index (χ0) is 34.3. The number of allylic oxidation sites excluding steroid dienone is 2. The maximum atomic E-state index is 11.7. The topological polar surface area (TPSA) is 63.1 Å². The summed E-state index contributed by atoms with van der Waals surface area (Å²) in [5.41, 5.74) is 4.44. The molecule has 0 saturated carbocycles. The number of carbonyl (C=O) groups excluding carboxylic acids is 1. The molecule has 49 heavy (non-hydrogen) atoms. The monoisotopic (exact) mass is 844 g/mol. The molecular weight excluding hydrogens is 797 g/mol. The number of benzene rings is 4. The largest absolute Gasteiger partial charge is 0.512 e. The van der Waals surface area contributed by atoms with Crippen molar-refractivity contribution in [2.75, 3.05) is 0 Å². The fourth-order valence-corrected chi connectivity index (χ4v) is 10.7. The molecule has 1 N–H and O–H groups in total. The second kappa shape index (κ2) is 14.6. The molecule has 1 aliphatic heterocycles. The first-order chi connectivity index (χ1) is 23.0. The summed E-state index contributed by atoms with van der Waals surface area (Å²) in [6.45, 7) is 17.2. The molecule has 2 aromatic heterocycles. The summed E-state index contributed by atoms with van der Waals surface area (Å²) in [5.74, 6) is 0.547. The average Bonchev–Trinajstić information content (AvgIpc) is 3.07. The van der Waals surface area contributed by atoms with Crippen LogP contribution in [0.5, 0.6) is 0 Å². The van der Waals surface area contributed by atoms with Gasteiger partial charge < -0.3 is 5.11 Å². The Morgan fingerprint density at radius 1 is 0.816 bits per heavy atom. The summed E-state index contributed by atoms with van der Waals surface area (Å²) >= 11 is 0. The summed E-state index contributed by atoms with van der Waals surface area (Å²) in [5, 5.41) is 22.9. The molecule has 3 heterocycles. The Labute approximate surface area is 305 Å². The number of carbonyl (C=O) groups is 1. The third-order valence-corrected chi connectivity index (χ3v) is 14.1. The SMILES string of the molecule is CCC(CC)C(=O)/C=C(\O)C(CC)CC.Cc1cc2c(ccc3c4ccnc5c4c(cc23)[Si](C)(C)c2cc3ccccc3[c-]c2-5)c(C)n1.[Ir]. The van der Waals surface area contributed by atoms with Gasteiger partial charge in [-0.3, -0.25) is 14.8 Å². The molecule has 0 unspecified atom stereocenters. The molecule has 0 aliphatic carbocycles. The van der Waals surface area contributed by atoms with Gasteiger partial charge in [-0.25, -0.2) is 0 Å². The van der Waals surface area contributed by atoms with Crippen molar-refractivity contribution in [2.45, 2.75) is 80.3 Å². The van der Waals surface area contributed by atoms with Gasteiger partial charge in [0.2, 0.25) is 0 Å². The first kappa shape index (κ1) is 36.6.